The van der Waals surface area contributed by atoms with Gasteiger partial charge in [0.25, 0.3) is 0 Å². The van der Waals surface area contributed by atoms with Crippen LogP contribution in [0.5, 0.6) is 0 Å². The van der Waals surface area contributed by atoms with Gasteiger partial charge in [-0.25, -0.2) is 14.5 Å². The molecule has 0 spiro atoms. The lowest BCUT2D eigenvalue weighted by atomic mass is 10.2. The smallest absolute Gasteiger partial charge is 0.166 e. The van der Waals surface area contributed by atoms with Crippen molar-refractivity contribution in [2.45, 2.75) is 26.0 Å². The van der Waals surface area contributed by atoms with Gasteiger partial charge in [-0.2, -0.15) is 5.10 Å². The second kappa shape index (κ2) is 5.43. The third-order valence-electron chi connectivity index (χ3n) is 4.35. The van der Waals surface area contributed by atoms with Gasteiger partial charge in [-0.3, -0.25) is 0 Å². The van der Waals surface area contributed by atoms with Crippen LogP contribution in [0.4, 0.5) is 0 Å². The number of nitrogens with zero attached hydrogens (tertiary/aromatic N) is 5. The third-order valence-corrected chi connectivity index (χ3v) is 4.35. The van der Waals surface area contributed by atoms with E-state index in [4.69, 9.17) is 9.47 Å². The van der Waals surface area contributed by atoms with Crippen molar-refractivity contribution in [3.05, 3.63) is 36.0 Å². The Hall–Kier alpha value is -2.25. The van der Waals surface area contributed by atoms with Gasteiger partial charge in [-0.05, 0) is 19.9 Å². The molecule has 1 aliphatic heterocycles. The number of aromatic nitrogens is 5. The van der Waals surface area contributed by atoms with Crippen molar-refractivity contribution in [2.24, 2.45) is 0 Å². The van der Waals surface area contributed by atoms with Crippen molar-refractivity contribution in [2.75, 3.05) is 20.3 Å². The first-order valence-electron chi connectivity index (χ1n) is 7.64. The van der Waals surface area contributed by atoms with Crippen LogP contribution in [-0.4, -0.2) is 50.6 Å². The van der Waals surface area contributed by atoms with E-state index in [0.717, 1.165) is 28.4 Å². The summed E-state index contributed by atoms with van der Waals surface area (Å²) in [6, 6.07) is 2.13. The SMILES string of the molecule is CO[C@@H]1COC[C@@H]1n1ccnc1-c1cnn2c(C)cc(C)nc12. The summed E-state index contributed by atoms with van der Waals surface area (Å²) in [6.07, 6.45) is 5.62. The van der Waals surface area contributed by atoms with Gasteiger partial charge in [0.2, 0.25) is 0 Å². The lowest BCUT2D eigenvalue weighted by Crippen LogP contribution is -2.24. The van der Waals surface area contributed by atoms with E-state index >= 15 is 0 Å². The number of hydrogen-bond acceptors (Lipinski definition) is 5. The Morgan fingerprint density at radius 1 is 1.30 bits per heavy atom. The first-order valence-corrected chi connectivity index (χ1v) is 7.64. The Balaban J connectivity index is 1.85. The van der Waals surface area contributed by atoms with Crippen LogP contribution in [0.15, 0.2) is 24.7 Å². The molecule has 4 heterocycles. The fourth-order valence-electron chi connectivity index (χ4n) is 3.23. The average molecular weight is 313 g/mol. The molecule has 120 valence electrons. The zero-order chi connectivity index (χ0) is 16.0. The monoisotopic (exact) mass is 313 g/mol. The molecule has 1 aliphatic rings. The summed E-state index contributed by atoms with van der Waals surface area (Å²) in [5.74, 6) is 0.843. The van der Waals surface area contributed by atoms with Gasteiger partial charge in [0, 0.05) is 30.9 Å². The molecule has 0 N–H and O–H groups in total. The number of aryl methyl sites for hydroxylation is 2. The van der Waals surface area contributed by atoms with E-state index in [0.29, 0.717) is 13.2 Å². The van der Waals surface area contributed by atoms with Gasteiger partial charge in [0.1, 0.15) is 11.9 Å². The highest BCUT2D eigenvalue weighted by atomic mass is 16.5. The largest absolute Gasteiger partial charge is 0.377 e. The van der Waals surface area contributed by atoms with E-state index in [1.165, 1.54) is 0 Å². The Morgan fingerprint density at radius 2 is 2.17 bits per heavy atom. The Bertz CT molecular complexity index is 853. The fourth-order valence-corrected chi connectivity index (χ4v) is 3.23. The van der Waals surface area contributed by atoms with Crippen LogP contribution >= 0.6 is 0 Å². The van der Waals surface area contributed by atoms with Crippen molar-refractivity contribution in [1.29, 1.82) is 0 Å². The van der Waals surface area contributed by atoms with Crippen LogP contribution in [0.2, 0.25) is 0 Å². The summed E-state index contributed by atoms with van der Waals surface area (Å²) in [6.45, 7) is 5.23. The molecule has 0 bridgehead atoms. The van der Waals surface area contributed by atoms with E-state index in [9.17, 15) is 0 Å². The molecule has 0 amide bonds. The second-order valence-corrected chi connectivity index (χ2v) is 5.87. The Labute approximate surface area is 133 Å². The number of imidazole rings is 1. The summed E-state index contributed by atoms with van der Waals surface area (Å²) in [5, 5.41) is 4.46. The van der Waals surface area contributed by atoms with Crippen molar-refractivity contribution in [3.63, 3.8) is 0 Å². The van der Waals surface area contributed by atoms with E-state index in [2.05, 4.69) is 19.6 Å². The van der Waals surface area contributed by atoms with Crippen LogP contribution in [0.1, 0.15) is 17.4 Å². The van der Waals surface area contributed by atoms with Crippen molar-refractivity contribution >= 4 is 5.65 Å². The molecule has 7 heteroatoms. The zero-order valence-corrected chi connectivity index (χ0v) is 13.4. The predicted octanol–water partition coefficient (Wildman–Crippen LogP) is 1.80. The maximum atomic E-state index is 5.57. The number of ether oxygens (including phenoxy) is 2. The van der Waals surface area contributed by atoms with Gasteiger partial charge in [-0.1, -0.05) is 0 Å². The first kappa shape index (κ1) is 14.3. The lowest BCUT2D eigenvalue weighted by Gasteiger charge is -2.19. The van der Waals surface area contributed by atoms with Crippen LogP contribution in [0.3, 0.4) is 0 Å². The van der Waals surface area contributed by atoms with E-state index in [-0.39, 0.29) is 12.1 Å². The van der Waals surface area contributed by atoms with Crippen LogP contribution < -0.4 is 0 Å². The quantitative estimate of drug-likeness (QED) is 0.737. The minimum Gasteiger partial charge on any atom is -0.377 e. The standard InChI is InChI=1S/C16H19N5O2/c1-10-6-11(2)21-16(19-10)12(7-18-21)15-17-4-5-20(15)13-8-23-9-14(13)22-3/h4-7,13-14H,8-9H2,1-3H3/t13-,14+/m0/s1. The second-order valence-electron chi connectivity index (χ2n) is 5.87. The minimum atomic E-state index is 0.0289. The van der Waals surface area contributed by atoms with Gasteiger partial charge >= 0.3 is 0 Å². The molecular formula is C16H19N5O2. The average Bonchev–Trinajstić information content (AvgIpc) is 3.24. The van der Waals surface area contributed by atoms with Gasteiger partial charge in [-0.15, -0.1) is 0 Å². The molecule has 0 unspecified atom stereocenters. The summed E-state index contributed by atoms with van der Waals surface area (Å²) in [5.41, 5.74) is 3.76. The summed E-state index contributed by atoms with van der Waals surface area (Å²) in [7, 11) is 1.71. The molecule has 7 nitrogen and oxygen atoms in total. The maximum Gasteiger partial charge on any atom is 0.166 e. The Kier molecular flexibility index (Phi) is 3.39. The topological polar surface area (TPSA) is 66.5 Å². The van der Waals surface area contributed by atoms with Gasteiger partial charge in [0.05, 0.1) is 31.0 Å². The molecule has 4 rings (SSSR count). The lowest BCUT2D eigenvalue weighted by molar-refractivity contribution is 0.0688. The fraction of sp³-hybridized carbons (Fsp3) is 0.438. The molecule has 3 aromatic rings. The van der Waals surface area contributed by atoms with E-state index < -0.39 is 0 Å². The summed E-state index contributed by atoms with van der Waals surface area (Å²) >= 11 is 0. The predicted molar refractivity (Wildman–Crippen MR) is 84.3 cm³/mol. The molecule has 1 fully saturated rings. The zero-order valence-electron chi connectivity index (χ0n) is 13.4. The van der Waals surface area contributed by atoms with Crippen molar-refractivity contribution in [1.82, 2.24) is 24.1 Å². The molecule has 0 radical (unpaired) electrons. The molecule has 1 saturated heterocycles. The molecule has 2 atom stereocenters. The van der Waals surface area contributed by atoms with Crippen molar-refractivity contribution < 1.29 is 9.47 Å². The van der Waals surface area contributed by atoms with Gasteiger partial charge < -0.3 is 14.0 Å². The van der Waals surface area contributed by atoms with E-state index in [1.807, 2.05) is 36.8 Å². The number of fused-ring (bicyclic) bond motifs is 1. The molecule has 23 heavy (non-hydrogen) atoms. The van der Waals surface area contributed by atoms with Crippen LogP contribution in [0, 0.1) is 13.8 Å². The molecular weight excluding hydrogens is 294 g/mol. The molecule has 0 aliphatic carbocycles. The Morgan fingerprint density at radius 3 is 3.00 bits per heavy atom. The highest BCUT2D eigenvalue weighted by molar-refractivity contribution is 5.72. The third kappa shape index (κ3) is 2.24. The first-order chi connectivity index (χ1) is 11.2. The van der Waals surface area contributed by atoms with Gasteiger partial charge in [0.15, 0.2) is 5.65 Å². The number of hydrogen-bond donors (Lipinski definition) is 0. The van der Waals surface area contributed by atoms with Crippen molar-refractivity contribution in [3.8, 4) is 11.4 Å². The molecule has 0 saturated carbocycles. The molecule has 0 aromatic carbocycles. The van der Waals surface area contributed by atoms with E-state index in [1.54, 1.807) is 13.3 Å². The van der Waals surface area contributed by atoms with Crippen LogP contribution in [0.25, 0.3) is 17.0 Å². The van der Waals surface area contributed by atoms with Crippen LogP contribution in [-0.2, 0) is 9.47 Å². The number of methoxy groups -OCH3 is 1. The number of rotatable bonds is 3. The molecule has 3 aromatic heterocycles. The summed E-state index contributed by atoms with van der Waals surface area (Å²) < 4.78 is 15.1. The highest BCUT2D eigenvalue weighted by Crippen LogP contribution is 2.29. The minimum absolute atomic E-state index is 0.0289. The summed E-state index contributed by atoms with van der Waals surface area (Å²) in [4.78, 5) is 9.18. The maximum absolute atomic E-state index is 5.57. The highest BCUT2D eigenvalue weighted by Gasteiger charge is 2.31. The normalized spacial score (nSPS) is 21.3.